The lowest BCUT2D eigenvalue weighted by molar-refractivity contribution is 0.184. The molecular weight excluding hydrogens is 342 g/mol. The number of rotatable bonds is 3. The average Bonchev–Trinajstić information content (AvgIpc) is 2.90. The van der Waals surface area contributed by atoms with E-state index in [9.17, 15) is 4.79 Å². The van der Waals surface area contributed by atoms with Crippen molar-refractivity contribution < 1.29 is 9.90 Å². The minimum atomic E-state index is -1.04. The maximum atomic E-state index is 10.9. The van der Waals surface area contributed by atoms with Crippen LogP contribution in [0.15, 0.2) is 36.5 Å². The molecular formula is C17H16ClN5O2. The second-order valence-electron chi connectivity index (χ2n) is 5.95. The van der Waals surface area contributed by atoms with Gasteiger partial charge in [0, 0.05) is 31.8 Å². The molecule has 1 aromatic carbocycles. The third-order valence-electron chi connectivity index (χ3n) is 4.47. The Morgan fingerprint density at radius 2 is 2.20 bits per heavy atom. The van der Waals surface area contributed by atoms with Gasteiger partial charge in [0.25, 0.3) is 0 Å². The number of hydrogen-bond acceptors (Lipinski definition) is 4. The second-order valence-corrected chi connectivity index (χ2v) is 6.36. The van der Waals surface area contributed by atoms with E-state index in [1.54, 1.807) is 6.20 Å². The van der Waals surface area contributed by atoms with E-state index < -0.39 is 6.09 Å². The van der Waals surface area contributed by atoms with Gasteiger partial charge in [-0.3, -0.25) is 0 Å². The van der Waals surface area contributed by atoms with Crippen LogP contribution in [0.1, 0.15) is 6.42 Å². The predicted molar refractivity (Wildman–Crippen MR) is 95.9 cm³/mol. The third kappa shape index (κ3) is 2.66. The predicted octanol–water partition coefficient (Wildman–Crippen LogP) is 3.09. The molecule has 0 saturated carbocycles. The van der Waals surface area contributed by atoms with Crippen molar-refractivity contribution in [1.82, 2.24) is 19.9 Å². The molecule has 7 nitrogen and oxygen atoms in total. The Labute approximate surface area is 148 Å². The van der Waals surface area contributed by atoms with Crippen molar-refractivity contribution in [2.24, 2.45) is 7.05 Å². The first-order valence-corrected chi connectivity index (χ1v) is 8.26. The van der Waals surface area contributed by atoms with Crippen LogP contribution in [0.25, 0.3) is 22.4 Å². The van der Waals surface area contributed by atoms with Crippen LogP contribution in [0, 0.1) is 0 Å². The number of fused-ring (bicyclic) bond motifs is 1. The van der Waals surface area contributed by atoms with Gasteiger partial charge in [0.2, 0.25) is 0 Å². The normalized spacial score (nSPS) is 16.7. The number of anilines is 1. The number of carbonyl (C=O) groups is 1. The van der Waals surface area contributed by atoms with Crippen LogP contribution < -0.4 is 10.2 Å². The summed E-state index contributed by atoms with van der Waals surface area (Å²) in [7, 11) is 1.94. The highest BCUT2D eigenvalue weighted by atomic mass is 35.5. The summed E-state index contributed by atoms with van der Waals surface area (Å²) in [5, 5.41) is 11.9. The molecule has 0 bridgehead atoms. The van der Waals surface area contributed by atoms with Crippen LogP contribution in [-0.4, -0.2) is 38.4 Å². The van der Waals surface area contributed by atoms with Gasteiger partial charge in [0.05, 0.1) is 16.1 Å². The minimum Gasteiger partial charge on any atom is -0.465 e. The first kappa shape index (κ1) is 15.7. The summed E-state index contributed by atoms with van der Waals surface area (Å²) >= 11 is 6.37. The number of nitrogens with zero attached hydrogens (tertiary/aromatic N) is 4. The molecule has 1 aliphatic rings. The van der Waals surface area contributed by atoms with Crippen molar-refractivity contribution in [1.29, 1.82) is 0 Å². The molecule has 1 amide bonds. The number of aromatic nitrogens is 3. The summed E-state index contributed by atoms with van der Waals surface area (Å²) < 4.78 is 1.99. The molecule has 1 atom stereocenters. The van der Waals surface area contributed by atoms with Gasteiger partial charge in [-0.2, -0.15) is 0 Å². The van der Waals surface area contributed by atoms with Crippen molar-refractivity contribution in [2.45, 2.75) is 12.6 Å². The lowest BCUT2D eigenvalue weighted by Crippen LogP contribution is -2.57. The van der Waals surface area contributed by atoms with Gasteiger partial charge >= 0.3 is 6.09 Å². The Morgan fingerprint density at radius 1 is 1.40 bits per heavy atom. The van der Waals surface area contributed by atoms with E-state index in [2.05, 4.69) is 15.3 Å². The maximum absolute atomic E-state index is 10.9. The minimum absolute atomic E-state index is 0.264. The number of amides is 1. The van der Waals surface area contributed by atoms with Crippen LogP contribution in [0.4, 0.5) is 10.6 Å². The van der Waals surface area contributed by atoms with Gasteiger partial charge in [-0.25, -0.2) is 14.8 Å². The zero-order valence-corrected chi connectivity index (χ0v) is 14.2. The van der Waals surface area contributed by atoms with Gasteiger partial charge in [0.15, 0.2) is 0 Å². The Balaban J connectivity index is 1.75. The average molecular weight is 358 g/mol. The first-order valence-electron chi connectivity index (χ1n) is 7.88. The van der Waals surface area contributed by atoms with Gasteiger partial charge in [-0.05, 0) is 18.2 Å². The smallest absolute Gasteiger partial charge is 0.406 e. The fourth-order valence-corrected chi connectivity index (χ4v) is 3.28. The molecule has 1 saturated heterocycles. The number of imidazole rings is 1. The van der Waals surface area contributed by atoms with Crippen molar-refractivity contribution in [2.75, 3.05) is 11.4 Å². The van der Waals surface area contributed by atoms with Crippen LogP contribution in [-0.2, 0) is 7.05 Å². The number of hydrogen-bond donors (Lipinski definition) is 2. The van der Waals surface area contributed by atoms with E-state index in [4.69, 9.17) is 16.7 Å². The number of benzene rings is 1. The van der Waals surface area contributed by atoms with Crippen LogP contribution in [0.3, 0.4) is 0 Å². The topological polar surface area (TPSA) is 83.3 Å². The fourth-order valence-electron chi connectivity index (χ4n) is 3.10. The molecule has 1 aliphatic heterocycles. The molecule has 8 heteroatoms. The lowest BCUT2D eigenvalue weighted by Gasteiger charge is -2.41. The largest absolute Gasteiger partial charge is 0.465 e. The standard InChI is InChI=1S/C17H16ClN5O2/c1-22-13-5-3-2-4-12(13)20-16(22)10-8-15(19-9-11(10)18)23-7-6-14(23)21-17(24)25/h2-5,8-9,14,21H,6-7H2,1H3,(H,24,25). The number of halogens is 1. The summed E-state index contributed by atoms with van der Waals surface area (Å²) in [5.74, 6) is 1.43. The highest BCUT2D eigenvalue weighted by Gasteiger charge is 2.31. The molecule has 0 radical (unpaired) electrons. The number of para-hydroxylation sites is 2. The van der Waals surface area contributed by atoms with Crippen molar-refractivity contribution in [3.05, 3.63) is 41.6 Å². The third-order valence-corrected chi connectivity index (χ3v) is 4.77. The molecule has 1 fully saturated rings. The molecule has 3 heterocycles. The lowest BCUT2D eigenvalue weighted by atomic mass is 10.1. The van der Waals surface area contributed by atoms with Crippen LogP contribution in [0.2, 0.25) is 5.02 Å². The van der Waals surface area contributed by atoms with Crippen LogP contribution >= 0.6 is 11.6 Å². The number of nitrogens with one attached hydrogen (secondary N) is 1. The monoisotopic (exact) mass is 357 g/mol. The number of carboxylic acid groups (broad SMARTS) is 1. The zero-order valence-electron chi connectivity index (χ0n) is 13.5. The van der Waals surface area contributed by atoms with Gasteiger partial charge < -0.3 is 19.9 Å². The van der Waals surface area contributed by atoms with E-state index in [0.717, 1.165) is 35.4 Å². The van der Waals surface area contributed by atoms with Crippen molar-refractivity contribution in [3.8, 4) is 11.4 Å². The summed E-state index contributed by atoms with van der Waals surface area (Å²) in [6, 6.07) is 9.73. The molecule has 2 N–H and O–H groups in total. The van der Waals surface area contributed by atoms with Crippen molar-refractivity contribution >= 4 is 34.5 Å². The summed E-state index contributed by atoms with van der Waals surface area (Å²) in [6.45, 7) is 0.738. The fraction of sp³-hybridized carbons (Fsp3) is 0.235. The molecule has 128 valence electrons. The van der Waals surface area contributed by atoms with E-state index in [1.165, 1.54) is 0 Å². The quantitative estimate of drug-likeness (QED) is 0.752. The van der Waals surface area contributed by atoms with Crippen LogP contribution in [0.5, 0.6) is 0 Å². The zero-order chi connectivity index (χ0) is 17.6. The Bertz CT molecular complexity index is 971. The van der Waals surface area contributed by atoms with Gasteiger partial charge in [-0.1, -0.05) is 23.7 Å². The number of aryl methyl sites for hydroxylation is 1. The highest BCUT2D eigenvalue weighted by molar-refractivity contribution is 6.33. The van der Waals surface area contributed by atoms with E-state index in [0.29, 0.717) is 10.8 Å². The molecule has 3 aromatic rings. The number of pyridine rings is 1. The Morgan fingerprint density at radius 3 is 2.88 bits per heavy atom. The molecule has 2 aromatic heterocycles. The van der Waals surface area contributed by atoms with Gasteiger partial charge in [-0.15, -0.1) is 0 Å². The summed E-state index contributed by atoms with van der Waals surface area (Å²) in [6.07, 6.45) is 1.03. The Hall–Kier alpha value is -2.80. The van der Waals surface area contributed by atoms with E-state index in [1.807, 2.05) is 46.8 Å². The van der Waals surface area contributed by atoms with Crippen molar-refractivity contribution in [3.63, 3.8) is 0 Å². The molecule has 1 unspecified atom stereocenters. The Kier molecular flexibility index (Phi) is 3.73. The maximum Gasteiger partial charge on any atom is 0.406 e. The summed E-state index contributed by atoms with van der Waals surface area (Å²) in [5.41, 5.74) is 2.68. The highest BCUT2D eigenvalue weighted by Crippen LogP contribution is 2.33. The molecule has 25 heavy (non-hydrogen) atoms. The van der Waals surface area contributed by atoms with E-state index in [-0.39, 0.29) is 6.17 Å². The summed E-state index contributed by atoms with van der Waals surface area (Å²) in [4.78, 5) is 21.8. The van der Waals surface area contributed by atoms with Gasteiger partial charge in [0.1, 0.15) is 17.8 Å². The first-order chi connectivity index (χ1) is 12.0. The second kappa shape index (κ2) is 5.93. The van der Waals surface area contributed by atoms with E-state index >= 15 is 0 Å². The molecule has 0 spiro atoms. The SMILES string of the molecule is Cn1c(-c2cc(N3CCC3NC(=O)O)ncc2Cl)nc2ccccc21. The molecule has 4 rings (SSSR count). The molecule has 0 aliphatic carbocycles.